The molecule has 2 heterocycles. The number of fused-ring (bicyclic) bond motifs is 1. The van der Waals surface area contributed by atoms with Crippen LogP contribution in [0.5, 0.6) is 0 Å². The summed E-state index contributed by atoms with van der Waals surface area (Å²) in [6.07, 6.45) is 0.765. The van der Waals surface area contributed by atoms with E-state index in [0.717, 1.165) is 39.0 Å². The molecule has 0 aliphatic heterocycles. The molecule has 0 spiro atoms. The lowest BCUT2D eigenvalue weighted by Gasteiger charge is -2.10. The maximum Gasteiger partial charge on any atom is 0.257 e. The highest BCUT2D eigenvalue weighted by Crippen LogP contribution is 2.27. The van der Waals surface area contributed by atoms with Gasteiger partial charge in [-0.1, -0.05) is 48.1 Å². The molecule has 0 bridgehead atoms. The van der Waals surface area contributed by atoms with Crippen LogP contribution in [-0.2, 0) is 6.42 Å². The Morgan fingerprint density at radius 1 is 1.17 bits per heavy atom. The third-order valence-electron chi connectivity index (χ3n) is 4.28. The normalized spacial score (nSPS) is 10.8. The minimum Gasteiger partial charge on any atom is -0.332 e. The zero-order valence-corrected chi connectivity index (χ0v) is 17.5. The van der Waals surface area contributed by atoms with E-state index in [1.54, 1.807) is 16.6 Å². The first-order valence-corrected chi connectivity index (χ1v) is 10.3. The van der Waals surface area contributed by atoms with Gasteiger partial charge in [0.25, 0.3) is 5.91 Å². The van der Waals surface area contributed by atoms with E-state index in [1.165, 1.54) is 11.3 Å². The van der Waals surface area contributed by atoms with Crippen molar-refractivity contribution in [3.63, 3.8) is 0 Å². The molecule has 2 aromatic carbocycles. The van der Waals surface area contributed by atoms with Gasteiger partial charge in [-0.2, -0.15) is 9.61 Å². The van der Waals surface area contributed by atoms with Gasteiger partial charge in [0.1, 0.15) is 5.01 Å². The van der Waals surface area contributed by atoms with Crippen molar-refractivity contribution < 1.29 is 4.79 Å². The maximum atomic E-state index is 12.3. The highest BCUT2D eigenvalue weighted by Gasteiger charge is 2.13. The molecular formula is C20H18N6OS2. The summed E-state index contributed by atoms with van der Waals surface area (Å²) in [5.74, 6) is 0.580. The molecule has 0 fully saturated rings. The Labute approximate surface area is 176 Å². The van der Waals surface area contributed by atoms with Crippen molar-refractivity contribution in [2.24, 2.45) is 0 Å². The highest BCUT2D eigenvalue weighted by atomic mass is 32.1. The van der Waals surface area contributed by atoms with Gasteiger partial charge in [0.2, 0.25) is 4.96 Å². The van der Waals surface area contributed by atoms with Crippen molar-refractivity contribution >= 4 is 45.2 Å². The fourth-order valence-electron chi connectivity index (χ4n) is 2.77. The molecule has 9 heteroatoms. The largest absolute Gasteiger partial charge is 0.332 e. The van der Waals surface area contributed by atoms with Crippen molar-refractivity contribution in [2.75, 3.05) is 5.32 Å². The summed E-state index contributed by atoms with van der Waals surface area (Å²) in [4.78, 5) is 13.1. The number of benzene rings is 2. The topological polar surface area (TPSA) is 84.2 Å². The van der Waals surface area contributed by atoms with Crippen LogP contribution in [0.2, 0.25) is 0 Å². The first-order chi connectivity index (χ1) is 14.0. The molecule has 4 aromatic rings. The van der Waals surface area contributed by atoms with E-state index in [1.807, 2.05) is 50.2 Å². The summed E-state index contributed by atoms with van der Waals surface area (Å²) in [5.41, 5.74) is 3.34. The number of nitrogens with zero attached hydrogens (tertiary/aromatic N) is 4. The second kappa shape index (κ2) is 8.06. The first-order valence-electron chi connectivity index (χ1n) is 9.04. The van der Waals surface area contributed by atoms with Crippen LogP contribution >= 0.6 is 23.6 Å². The molecule has 29 heavy (non-hydrogen) atoms. The molecule has 0 saturated heterocycles. The summed E-state index contributed by atoms with van der Waals surface area (Å²) in [6.45, 7) is 3.99. The average Bonchev–Trinajstić information content (AvgIpc) is 3.29. The molecule has 0 atom stereocenters. The van der Waals surface area contributed by atoms with E-state index < -0.39 is 0 Å². The zero-order chi connectivity index (χ0) is 20.4. The molecule has 0 aliphatic carbocycles. The smallest absolute Gasteiger partial charge is 0.257 e. The van der Waals surface area contributed by atoms with E-state index in [2.05, 4.69) is 25.9 Å². The Morgan fingerprint density at radius 3 is 2.72 bits per heavy atom. The predicted octanol–water partition coefficient (Wildman–Crippen LogP) is 3.85. The second-order valence-electron chi connectivity index (χ2n) is 6.43. The third-order valence-corrected chi connectivity index (χ3v) is 5.43. The molecular weight excluding hydrogens is 404 g/mol. The molecule has 0 radical (unpaired) electrons. The number of carbonyl (C=O) groups is 1. The van der Waals surface area contributed by atoms with Crippen molar-refractivity contribution in [3.8, 4) is 10.6 Å². The molecule has 1 amide bonds. The van der Waals surface area contributed by atoms with Crippen LogP contribution in [0.1, 0.15) is 28.7 Å². The van der Waals surface area contributed by atoms with Gasteiger partial charge >= 0.3 is 0 Å². The van der Waals surface area contributed by atoms with Gasteiger partial charge in [-0.15, -0.1) is 10.2 Å². The number of carbonyl (C=O) groups excluding carboxylic acids is 1. The van der Waals surface area contributed by atoms with Crippen molar-refractivity contribution in [1.82, 2.24) is 25.1 Å². The Balaban J connectivity index is 1.48. The van der Waals surface area contributed by atoms with Crippen LogP contribution in [0.15, 0.2) is 48.5 Å². The number of anilines is 1. The van der Waals surface area contributed by atoms with E-state index in [0.29, 0.717) is 5.56 Å². The highest BCUT2D eigenvalue weighted by molar-refractivity contribution is 7.80. The van der Waals surface area contributed by atoms with Crippen molar-refractivity contribution in [2.45, 2.75) is 20.3 Å². The second-order valence-corrected chi connectivity index (χ2v) is 7.79. The van der Waals surface area contributed by atoms with E-state index in [9.17, 15) is 4.79 Å². The number of nitrogens with one attached hydrogen (secondary N) is 2. The zero-order valence-electron chi connectivity index (χ0n) is 15.8. The molecule has 0 saturated carbocycles. The van der Waals surface area contributed by atoms with Gasteiger partial charge < -0.3 is 5.32 Å². The minimum absolute atomic E-state index is 0.235. The van der Waals surface area contributed by atoms with Crippen LogP contribution in [0, 0.1) is 6.92 Å². The molecule has 2 aromatic heterocycles. The quantitative estimate of drug-likeness (QED) is 0.486. The molecule has 4 rings (SSSR count). The van der Waals surface area contributed by atoms with E-state index in [-0.39, 0.29) is 11.0 Å². The van der Waals surface area contributed by atoms with Gasteiger partial charge in [0, 0.05) is 23.2 Å². The van der Waals surface area contributed by atoms with Gasteiger partial charge in [0.05, 0.1) is 0 Å². The Bertz CT molecular complexity index is 1200. The molecule has 0 unspecified atom stereocenters. The van der Waals surface area contributed by atoms with Crippen LogP contribution in [0.4, 0.5) is 5.69 Å². The number of hydrogen-bond acceptors (Lipinski definition) is 6. The number of thiocarbonyl (C=S) groups is 1. The SMILES string of the molecule is CCc1nnc2sc(-c3cccc(NC(=S)NC(=O)c4ccc(C)cc4)c3)nn12. The summed E-state index contributed by atoms with van der Waals surface area (Å²) in [6, 6.07) is 15.0. The Morgan fingerprint density at radius 2 is 1.97 bits per heavy atom. The standard InChI is InChI=1S/C20H18N6OS2/c1-3-16-23-24-20-26(16)25-18(29-20)14-5-4-6-15(11-14)21-19(28)22-17(27)13-9-7-12(2)8-10-13/h4-11H,3H2,1-2H3,(H2,21,22,27,28). The lowest BCUT2D eigenvalue weighted by molar-refractivity contribution is 0.0977. The van der Waals surface area contributed by atoms with Crippen LogP contribution in [0.3, 0.4) is 0 Å². The monoisotopic (exact) mass is 422 g/mol. The minimum atomic E-state index is -0.251. The molecule has 2 N–H and O–H groups in total. The number of aromatic nitrogens is 4. The van der Waals surface area contributed by atoms with Gasteiger partial charge in [0.15, 0.2) is 10.9 Å². The number of aryl methyl sites for hydroxylation is 2. The van der Waals surface area contributed by atoms with Crippen molar-refractivity contribution in [3.05, 3.63) is 65.5 Å². The van der Waals surface area contributed by atoms with Crippen molar-refractivity contribution in [1.29, 1.82) is 0 Å². The number of rotatable bonds is 4. The molecule has 0 aliphatic rings. The number of hydrogen-bond donors (Lipinski definition) is 2. The fourth-order valence-corrected chi connectivity index (χ4v) is 3.83. The van der Waals surface area contributed by atoms with Gasteiger partial charge in [-0.25, -0.2) is 0 Å². The first kappa shape index (κ1) is 19.2. The number of amides is 1. The van der Waals surface area contributed by atoms with Crippen LogP contribution in [-0.4, -0.2) is 30.8 Å². The average molecular weight is 423 g/mol. The molecule has 7 nitrogen and oxygen atoms in total. The molecule has 146 valence electrons. The summed E-state index contributed by atoms with van der Waals surface area (Å²) < 4.78 is 1.77. The third kappa shape index (κ3) is 4.15. The summed E-state index contributed by atoms with van der Waals surface area (Å²) >= 11 is 6.76. The summed E-state index contributed by atoms with van der Waals surface area (Å²) in [7, 11) is 0. The maximum absolute atomic E-state index is 12.3. The van der Waals surface area contributed by atoms with E-state index in [4.69, 9.17) is 12.2 Å². The fraction of sp³-hybridized carbons (Fsp3) is 0.150. The summed E-state index contributed by atoms with van der Waals surface area (Å²) in [5, 5.41) is 19.7. The Hall–Kier alpha value is -3.17. The Kier molecular flexibility index (Phi) is 5.32. The van der Waals surface area contributed by atoms with Gasteiger partial charge in [-0.3, -0.25) is 10.1 Å². The van der Waals surface area contributed by atoms with Crippen LogP contribution in [0.25, 0.3) is 15.5 Å². The van der Waals surface area contributed by atoms with Gasteiger partial charge in [-0.05, 0) is 43.4 Å². The predicted molar refractivity (Wildman–Crippen MR) is 118 cm³/mol. The lowest BCUT2D eigenvalue weighted by Crippen LogP contribution is -2.34. The lowest BCUT2D eigenvalue weighted by atomic mass is 10.1. The van der Waals surface area contributed by atoms with E-state index >= 15 is 0 Å². The van der Waals surface area contributed by atoms with Crippen LogP contribution < -0.4 is 10.6 Å².